The van der Waals surface area contributed by atoms with Crippen LogP contribution < -0.4 is 0 Å². The molecule has 4 nitrogen and oxygen atoms in total. The molecule has 0 spiro atoms. The molecule has 1 heterocycles. The summed E-state index contributed by atoms with van der Waals surface area (Å²) < 4.78 is 25.3. The Morgan fingerprint density at radius 3 is 2.67 bits per heavy atom. The summed E-state index contributed by atoms with van der Waals surface area (Å²) in [5, 5.41) is 9.06. The van der Waals surface area contributed by atoms with Crippen LogP contribution in [-0.2, 0) is 4.79 Å². The highest BCUT2D eigenvalue weighted by Gasteiger charge is 2.33. The van der Waals surface area contributed by atoms with Gasteiger partial charge in [-0.3, -0.25) is 9.59 Å². The SMILES string of the molecule is CC1CN(C(=O)c2cccc(C(F)F)c2)CCC1C(=O)O. The number of alkyl halides is 2. The number of benzene rings is 1. The molecule has 1 saturated heterocycles. The number of rotatable bonds is 3. The molecule has 0 bridgehead atoms. The van der Waals surface area contributed by atoms with Crippen molar-refractivity contribution in [3.63, 3.8) is 0 Å². The minimum absolute atomic E-state index is 0.154. The number of aliphatic carboxylic acids is 1. The highest BCUT2D eigenvalue weighted by Crippen LogP contribution is 2.26. The van der Waals surface area contributed by atoms with Gasteiger partial charge in [-0.25, -0.2) is 8.78 Å². The number of amides is 1. The molecule has 21 heavy (non-hydrogen) atoms. The summed E-state index contributed by atoms with van der Waals surface area (Å²) in [5.74, 6) is -1.79. The fraction of sp³-hybridized carbons (Fsp3) is 0.467. The molecule has 2 rings (SSSR count). The molecule has 2 unspecified atom stereocenters. The van der Waals surface area contributed by atoms with Crippen molar-refractivity contribution < 1.29 is 23.5 Å². The molecule has 2 atom stereocenters. The van der Waals surface area contributed by atoms with Crippen LogP contribution in [0, 0.1) is 11.8 Å². The number of carbonyl (C=O) groups is 2. The molecule has 1 aliphatic rings. The van der Waals surface area contributed by atoms with Gasteiger partial charge in [0.2, 0.25) is 0 Å². The standard InChI is InChI=1S/C15H17F2NO3/c1-9-8-18(6-5-12(9)15(20)21)14(19)11-4-2-3-10(7-11)13(16)17/h2-4,7,9,12-13H,5-6,8H2,1H3,(H,20,21). The van der Waals surface area contributed by atoms with Gasteiger partial charge < -0.3 is 10.0 Å². The predicted molar refractivity (Wildman–Crippen MR) is 72.2 cm³/mol. The van der Waals surface area contributed by atoms with E-state index in [0.717, 1.165) is 0 Å². The third kappa shape index (κ3) is 3.37. The van der Waals surface area contributed by atoms with E-state index < -0.39 is 18.3 Å². The summed E-state index contributed by atoms with van der Waals surface area (Å²) in [6.45, 7) is 2.45. The zero-order valence-electron chi connectivity index (χ0n) is 11.6. The van der Waals surface area contributed by atoms with Gasteiger partial charge in [-0.15, -0.1) is 0 Å². The molecular formula is C15H17F2NO3. The normalized spacial score (nSPS) is 22.4. The second-order valence-corrected chi connectivity index (χ2v) is 5.39. The van der Waals surface area contributed by atoms with Crippen LogP contribution >= 0.6 is 0 Å². The zero-order valence-corrected chi connectivity index (χ0v) is 11.6. The number of hydrogen-bond donors (Lipinski definition) is 1. The van der Waals surface area contributed by atoms with E-state index in [1.54, 1.807) is 6.92 Å². The predicted octanol–water partition coefficient (Wildman–Crippen LogP) is 2.81. The van der Waals surface area contributed by atoms with Crippen LogP contribution in [0.25, 0.3) is 0 Å². The minimum Gasteiger partial charge on any atom is -0.481 e. The fourth-order valence-corrected chi connectivity index (χ4v) is 2.69. The first-order valence-electron chi connectivity index (χ1n) is 6.80. The van der Waals surface area contributed by atoms with Crippen LogP contribution in [-0.4, -0.2) is 35.0 Å². The van der Waals surface area contributed by atoms with E-state index in [0.29, 0.717) is 19.5 Å². The van der Waals surface area contributed by atoms with Crippen molar-refractivity contribution in [2.75, 3.05) is 13.1 Å². The quantitative estimate of drug-likeness (QED) is 0.933. The monoisotopic (exact) mass is 297 g/mol. The van der Waals surface area contributed by atoms with E-state index in [9.17, 15) is 18.4 Å². The van der Waals surface area contributed by atoms with E-state index in [2.05, 4.69) is 0 Å². The minimum atomic E-state index is -2.62. The largest absolute Gasteiger partial charge is 0.481 e. The lowest BCUT2D eigenvalue weighted by Gasteiger charge is -2.35. The molecule has 1 amide bonds. The van der Waals surface area contributed by atoms with Crippen LogP contribution in [0.1, 0.15) is 35.7 Å². The first-order chi connectivity index (χ1) is 9.90. The maximum absolute atomic E-state index is 12.7. The maximum Gasteiger partial charge on any atom is 0.306 e. The van der Waals surface area contributed by atoms with Crippen LogP contribution in [0.15, 0.2) is 24.3 Å². The summed E-state index contributed by atoms with van der Waals surface area (Å²) in [4.78, 5) is 24.9. The first kappa shape index (κ1) is 15.4. The molecule has 0 radical (unpaired) electrons. The summed E-state index contributed by atoms with van der Waals surface area (Å²) in [7, 11) is 0. The van der Waals surface area contributed by atoms with E-state index in [1.165, 1.54) is 29.2 Å². The number of carbonyl (C=O) groups excluding carboxylic acids is 1. The van der Waals surface area contributed by atoms with Gasteiger partial charge >= 0.3 is 5.97 Å². The van der Waals surface area contributed by atoms with Crippen LogP contribution in [0.5, 0.6) is 0 Å². The number of nitrogens with zero attached hydrogens (tertiary/aromatic N) is 1. The molecular weight excluding hydrogens is 280 g/mol. The molecule has 0 aliphatic carbocycles. The van der Waals surface area contributed by atoms with Crippen molar-refractivity contribution in [2.24, 2.45) is 11.8 Å². The van der Waals surface area contributed by atoms with E-state index in [1.807, 2.05) is 0 Å². The van der Waals surface area contributed by atoms with Crippen molar-refractivity contribution in [3.8, 4) is 0 Å². The molecule has 1 aromatic rings. The Kier molecular flexibility index (Phi) is 4.55. The highest BCUT2D eigenvalue weighted by atomic mass is 19.3. The zero-order chi connectivity index (χ0) is 15.6. The Morgan fingerprint density at radius 1 is 1.38 bits per heavy atom. The van der Waals surface area contributed by atoms with Gasteiger partial charge in [-0.2, -0.15) is 0 Å². The second-order valence-electron chi connectivity index (χ2n) is 5.39. The molecule has 0 aromatic heterocycles. The molecule has 1 fully saturated rings. The average molecular weight is 297 g/mol. The lowest BCUT2D eigenvalue weighted by molar-refractivity contribution is -0.145. The van der Waals surface area contributed by atoms with Crippen molar-refractivity contribution in [3.05, 3.63) is 35.4 Å². The summed E-state index contributed by atoms with van der Waals surface area (Å²) in [6, 6.07) is 5.41. The van der Waals surface area contributed by atoms with Gasteiger partial charge in [-0.1, -0.05) is 19.1 Å². The van der Waals surface area contributed by atoms with Gasteiger partial charge in [0.05, 0.1) is 5.92 Å². The number of piperidine rings is 1. The Morgan fingerprint density at radius 2 is 2.10 bits per heavy atom. The lowest BCUT2D eigenvalue weighted by atomic mass is 9.87. The highest BCUT2D eigenvalue weighted by molar-refractivity contribution is 5.94. The molecule has 0 saturated carbocycles. The smallest absolute Gasteiger partial charge is 0.306 e. The number of carboxylic acids is 1. The number of hydrogen-bond acceptors (Lipinski definition) is 2. The van der Waals surface area contributed by atoms with Crippen LogP contribution in [0.2, 0.25) is 0 Å². The van der Waals surface area contributed by atoms with Crippen molar-refractivity contribution in [1.82, 2.24) is 4.90 Å². The Balaban J connectivity index is 2.11. The van der Waals surface area contributed by atoms with E-state index in [-0.39, 0.29) is 23.0 Å². The second kappa shape index (κ2) is 6.20. The van der Waals surface area contributed by atoms with Gasteiger partial charge in [-0.05, 0) is 24.5 Å². The molecule has 1 aromatic carbocycles. The third-order valence-corrected chi connectivity index (χ3v) is 3.90. The Hall–Kier alpha value is -1.98. The molecule has 1 N–H and O–H groups in total. The van der Waals surface area contributed by atoms with Crippen LogP contribution in [0.4, 0.5) is 8.78 Å². The topological polar surface area (TPSA) is 57.6 Å². The van der Waals surface area contributed by atoms with Crippen molar-refractivity contribution in [2.45, 2.75) is 19.8 Å². The number of halogens is 2. The maximum atomic E-state index is 12.7. The Bertz CT molecular complexity index is 547. The summed E-state index contributed by atoms with van der Waals surface area (Å²) in [6.07, 6.45) is -2.23. The molecule has 6 heteroatoms. The van der Waals surface area contributed by atoms with Crippen molar-refractivity contribution in [1.29, 1.82) is 0 Å². The first-order valence-corrected chi connectivity index (χ1v) is 6.80. The number of likely N-dealkylation sites (tertiary alicyclic amines) is 1. The summed E-state index contributed by atoms with van der Waals surface area (Å²) >= 11 is 0. The van der Waals surface area contributed by atoms with Crippen LogP contribution in [0.3, 0.4) is 0 Å². The Labute approximate surface area is 121 Å². The lowest BCUT2D eigenvalue weighted by Crippen LogP contribution is -2.45. The molecule has 114 valence electrons. The fourth-order valence-electron chi connectivity index (χ4n) is 2.69. The van der Waals surface area contributed by atoms with Gasteiger partial charge in [0.1, 0.15) is 0 Å². The molecule has 1 aliphatic heterocycles. The third-order valence-electron chi connectivity index (χ3n) is 3.90. The van der Waals surface area contributed by atoms with Gasteiger partial charge in [0.15, 0.2) is 0 Å². The number of carboxylic acid groups (broad SMARTS) is 1. The van der Waals surface area contributed by atoms with E-state index >= 15 is 0 Å². The van der Waals surface area contributed by atoms with Gasteiger partial charge in [0.25, 0.3) is 12.3 Å². The van der Waals surface area contributed by atoms with Gasteiger partial charge in [0, 0.05) is 24.2 Å². The van der Waals surface area contributed by atoms with Crippen molar-refractivity contribution >= 4 is 11.9 Å². The average Bonchev–Trinajstić information content (AvgIpc) is 2.46. The summed E-state index contributed by atoms with van der Waals surface area (Å²) in [5.41, 5.74) is 0.0306. The van der Waals surface area contributed by atoms with E-state index in [4.69, 9.17) is 5.11 Å².